The first-order chi connectivity index (χ1) is 15.9. The van der Waals surface area contributed by atoms with Crippen LogP contribution >= 0.6 is 11.6 Å². The van der Waals surface area contributed by atoms with Crippen molar-refractivity contribution in [2.24, 2.45) is 0 Å². The molecule has 0 amide bonds. The van der Waals surface area contributed by atoms with Crippen molar-refractivity contribution in [2.75, 3.05) is 26.1 Å². The molecule has 0 aliphatic carbocycles. The lowest BCUT2D eigenvalue weighted by atomic mass is 10.1. The monoisotopic (exact) mass is 488 g/mol. The minimum absolute atomic E-state index is 0.0248. The molecule has 10 heteroatoms. The van der Waals surface area contributed by atoms with Gasteiger partial charge in [0.2, 0.25) is 20.7 Å². The van der Waals surface area contributed by atoms with E-state index >= 15 is 0 Å². The molecular weight excluding hydrogens is 468 g/mol. The molecule has 2 aromatic heterocycles. The van der Waals surface area contributed by atoms with Crippen LogP contribution in [0.2, 0.25) is 5.02 Å². The van der Waals surface area contributed by atoms with Crippen molar-refractivity contribution in [3.05, 3.63) is 71.4 Å². The molecule has 0 bridgehead atoms. The molecule has 1 N–H and O–H groups in total. The number of hydrogen-bond donors (Lipinski definition) is 1. The van der Waals surface area contributed by atoms with Gasteiger partial charge in [0.25, 0.3) is 5.89 Å². The average Bonchev–Trinajstić information content (AvgIpc) is 3.50. The van der Waals surface area contributed by atoms with E-state index in [-0.39, 0.29) is 21.7 Å². The van der Waals surface area contributed by atoms with Crippen LogP contribution in [0.3, 0.4) is 0 Å². The van der Waals surface area contributed by atoms with Crippen molar-refractivity contribution in [2.45, 2.75) is 16.3 Å². The third kappa shape index (κ3) is 4.84. The summed E-state index contributed by atoms with van der Waals surface area (Å²) in [5.41, 5.74) is 0.966. The first-order valence-electron chi connectivity index (χ1n) is 9.92. The molecule has 0 saturated carbocycles. The van der Waals surface area contributed by atoms with Crippen molar-refractivity contribution < 1.29 is 26.7 Å². The van der Waals surface area contributed by atoms with Gasteiger partial charge in [0.1, 0.15) is 0 Å². The summed E-state index contributed by atoms with van der Waals surface area (Å²) in [7, 11) is -0.836. The van der Waals surface area contributed by atoms with E-state index in [0.29, 0.717) is 35.2 Å². The molecule has 0 saturated heterocycles. The predicted octanol–water partition coefficient (Wildman–Crippen LogP) is 5.09. The van der Waals surface area contributed by atoms with E-state index in [9.17, 15) is 8.42 Å². The molecule has 0 aliphatic rings. The van der Waals surface area contributed by atoms with Gasteiger partial charge in [-0.05, 0) is 60.5 Å². The summed E-state index contributed by atoms with van der Waals surface area (Å²) in [6.45, 7) is 0.380. The van der Waals surface area contributed by atoms with Crippen LogP contribution in [0.4, 0.5) is 5.88 Å². The number of furan rings is 1. The number of anilines is 1. The van der Waals surface area contributed by atoms with Gasteiger partial charge in [-0.1, -0.05) is 17.7 Å². The maximum Gasteiger partial charge on any atom is 0.266 e. The van der Waals surface area contributed by atoms with Gasteiger partial charge in [0.15, 0.2) is 17.3 Å². The Morgan fingerprint density at radius 1 is 1.03 bits per heavy atom. The van der Waals surface area contributed by atoms with E-state index in [1.165, 1.54) is 30.5 Å². The van der Waals surface area contributed by atoms with E-state index in [2.05, 4.69) is 10.3 Å². The van der Waals surface area contributed by atoms with E-state index in [0.717, 1.165) is 5.56 Å². The maximum atomic E-state index is 13.3. The van der Waals surface area contributed by atoms with Gasteiger partial charge < -0.3 is 23.6 Å². The van der Waals surface area contributed by atoms with Gasteiger partial charge in [-0.25, -0.2) is 8.42 Å². The highest BCUT2D eigenvalue weighted by molar-refractivity contribution is 7.91. The lowest BCUT2D eigenvalue weighted by Crippen LogP contribution is -2.10. The van der Waals surface area contributed by atoms with Crippen molar-refractivity contribution in [1.82, 2.24) is 4.98 Å². The van der Waals surface area contributed by atoms with E-state index < -0.39 is 9.84 Å². The normalized spacial score (nSPS) is 11.4. The smallest absolute Gasteiger partial charge is 0.266 e. The lowest BCUT2D eigenvalue weighted by molar-refractivity contribution is 0.354. The Hall–Kier alpha value is -3.43. The van der Waals surface area contributed by atoms with Crippen molar-refractivity contribution in [3.63, 3.8) is 0 Å². The molecule has 2 heterocycles. The molecule has 4 aromatic rings. The Balaban J connectivity index is 1.61. The zero-order chi connectivity index (χ0) is 23.4. The number of oxazole rings is 1. The Morgan fingerprint density at radius 2 is 1.79 bits per heavy atom. The quantitative estimate of drug-likeness (QED) is 0.347. The summed E-state index contributed by atoms with van der Waals surface area (Å²) >= 11 is 5.91. The Kier molecular flexibility index (Phi) is 6.62. The number of ether oxygens (including phenoxy) is 2. The Labute approximate surface area is 196 Å². The third-order valence-corrected chi connectivity index (χ3v) is 6.78. The first kappa shape index (κ1) is 22.8. The van der Waals surface area contributed by atoms with Crippen molar-refractivity contribution in [3.8, 4) is 23.1 Å². The standard InChI is InChI=1S/C23H21ClN2O6S/c1-29-18-10-5-15(14-20(18)30-2)11-12-25-22-23(26-21(32-22)19-4-3-13-31-19)33(27,28)17-8-6-16(24)7-9-17/h3-10,13-14,25H,11-12H2,1-2H3. The molecule has 172 valence electrons. The van der Waals surface area contributed by atoms with Crippen molar-refractivity contribution in [1.29, 1.82) is 0 Å². The van der Waals surface area contributed by atoms with E-state index in [1.54, 1.807) is 26.4 Å². The van der Waals surface area contributed by atoms with Gasteiger partial charge in [0, 0.05) is 11.6 Å². The second kappa shape index (κ2) is 9.60. The molecule has 0 spiro atoms. The van der Waals surface area contributed by atoms with E-state index in [4.69, 9.17) is 29.9 Å². The van der Waals surface area contributed by atoms with Crippen molar-refractivity contribution >= 4 is 27.3 Å². The van der Waals surface area contributed by atoms with Crippen LogP contribution in [0.15, 0.2) is 79.6 Å². The highest BCUT2D eigenvalue weighted by Crippen LogP contribution is 2.33. The third-order valence-electron chi connectivity index (χ3n) is 4.85. The molecule has 0 aliphatic heterocycles. The van der Waals surface area contributed by atoms with Gasteiger partial charge in [-0.3, -0.25) is 0 Å². The number of sulfone groups is 1. The number of nitrogens with one attached hydrogen (secondary N) is 1. The number of hydrogen-bond acceptors (Lipinski definition) is 8. The fourth-order valence-corrected chi connectivity index (χ4v) is 4.59. The molecule has 0 radical (unpaired) electrons. The fourth-order valence-electron chi connectivity index (χ4n) is 3.19. The Bertz CT molecular complexity index is 1330. The molecule has 33 heavy (non-hydrogen) atoms. The van der Waals surface area contributed by atoms with Gasteiger partial charge >= 0.3 is 0 Å². The minimum atomic E-state index is -3.98. The highest BCUT2D eigenvalue weighted by Gasteiger charge is 2.29. The zero-order valence-corrected chi connectivity index (χ0v) is 19.4. The van der Waals surface area contributed by atoms with Crippen LogP contribution in [0.5, 0.6) is 11.5 Å². The molecule has 0 fully saturated rings. The van der Waals surface area contributed by atoms with Crippen LogP contribution in [-0.4, -0.2) is 34.2 Å². The molecule has 4 rings (SSSR count). The Morgan fingerprint density at radius 3 is 2.45 bits per heavy atom. The first-order valence-corrected chi connectivity index (χ1v) is 11.8. The number of benzene rings is 2. The number of rotatable bonds is 9. The lowest BCUT2D eigenvalue weighted by Gasteiger charge is -2.10. The number of halogens is 1. The summed E-state index contributed by atoms with van der Waals surface area (Å²) in [5.74, 6) is 1.64. The number of methoxy groups -OCH3 is 2. The highest BCUT2D eigenvalue weighted by atomic mass is 35.5. The van der Waals surface area contributed by atoms with E-state index in [1.807, 2.05) is 18.2 Å². The topological polar surface area (TPSA) is 104 Å². The van der Waals surface area contributed by atoms with Crippen LogP contribution in [0.1, 0.15) is 5.56 Å². The van der Waals surface area contributed by atoms with Crippen LogP contribution in [0, 0.1) is 0 Å². The second-order valence-electron chi connectivity index (χ2n) is 6.95. The zero-order valence-electron chi connectivity index (χ0n) is 17.9. The van der Waals surface area contributed by atoms with Gasteiger partial charge in [-0.2, -0.15) is 4.98 Å². The largest absolute Gasteiger partial charge is 0.493 e. The van der Waals surface area contributed by atoms with Crippen LogP contribution in [0.25, 0.3) is 11.7 Å². The average molecular weight is 489 g/mol. The molecule has 0 atom stereocenters. The molecule has 2 aromatic carbocycles. The summed E-state index contributed by atoms with van der Waals surface area (Å²) in [6.07, 6.45) is 2.02. The predicted molar refractivity (Wildman–Crippen MR) is 123 cm³/mol. The minimum Gasteiger partial charge on any atom is -0.493 e. The van der Waals surface area contributed by atoms with Crippen LogP contribution in [-0.2, 0) is 16.3 Å². The summed E-state index contributed by atoms with van der Waals surface area (Å²) in [4.78, 5) is 4.27. The molecule has 8 nitrogen and oxygen atoms in total. The van der Waals surface area contributed by atoms with Gasteiger partial charge in [0.05, 0.1) is 25.4 Å². The second-order valence-corrected chi connectivity index (χ2v) is 9.26. The summed E-state index contributed by atoms with van der Waals surface area (Å²) < 4.78 is 48.2. The molecular formula is C23H21ClN2O6S. The van der Waals surface area contributed by atoms with Gasteiger partial charge in [-0.15, -0.1) is 0 Å². The fraction of sp³-hybridized carbons (Fsp3) is 0.174. The summed E-state index contributed by atoms with van der Waals surface area (Å²) in [6, 6.07) is 14.7. The van der Waals surface area contributed by atoms with Crippen LogP contribution < -0.4 is 14.8 Å². The number of aromatic nitrogens is 1. The maximum absolute atomic E-state index is 13.3. The number of nitrogens with zero attached hydrogens (tertiary/aromatic N) is 1. The summed E-state index contributed by atoms with van der Waals surface area (Å²) in [5, 5.41) is 3.25. The molecule has 0 unspecified atom stereocenters. The SMILES string of the molecule is COc1ccc(CCNc2oc(-c3ccco3)nc2S(=O)(=O)c2ccc(Cl)cc2)cc1OC.